The maximum atomic E-state index is 8.88. The normalized spacial score (nSPS) is 10.4. The van der Waals surface area contributed by atoms with Gasteiger partial charge in [-0.3, -0.25) is 0 Å². The van der Waals surface area contributed by atoms with Crippen LogP contribution in [-0.4, -0.2) is 36.1 Å². The quantitative estimate of drug-likeness (QED) is 0.733. The SMILES string of the molecule is CCOc1ccccc1OC(CO)CO. The second-order valence-electron chi connectivity index (χ2n) is 2.98. The highest BCUT2D eigenvalue weighted by atomic mass is 16.5. The Bertz CT molecular complexity index is 284. The summed E-state index contributed by atoms with van der Waals surface area (Å²) < 4.78 is 10.7. The molecule has 15 heavy (non-hydrogen) atoms. The predicted molar refractivity (Wildman–Crippen MR) is 56.2 cm³/mol. The number of aliphatic hydroxyl groups excluding tert-OH is 2. The first-order chi connectivity index (χ1) is 7.31. The summed E-state index contributed by atoms with van der Waals surface area (Å²) in [4.78, 5) is 0. The van der Waals surface area contributed by atoms with Crippen LogP contribution >= 0.6 is 0 Å². The van der Waals surface area contributed by atoms with E-state index in [9.17, 15) is 0 Å². The first-order valence-electron chi connectivity index (χ1n) is 4.92. The Morgan fingerprint density at radius 3 is 2.27 bits per heavy atom. The van der Waals surface area contributed by atoms with Gasteiger partial charge in [-0.25, -0.2) is 0 Å². The van der Waals surface area contributed by atoms with Gasteiger partial charge in [-0.05, 0) is 19.1 Å². The molecule has 0 amide bonds. The average Bonchev–Trinajstić information content (AvgIpc) is 2.28. The predicted octanol–water partition coefficient (Wildman–Crippen LogP) is 0.817. The van der Waals surface area contributed by atoms with Crippen LogP contribution in [0.1, 0.15) is 6.92 Å². The molecule has 1 aromatic rings. The minimum atomic E-state index is -0.605. The molecule has 0 bridgehead atoms. The summed E-state index contributed by atoms with van der Waals surface area (Å²) in [6.45, 7) is 1.98. The third kappa shape index (κ3) is 3.42. The number of hydrogen-bond acceptors (Lipinski definition) is 4. The van der Waals surface area contributed by atoms with Crippen LogP contribution in [0.25, 0.3) is 0 Å². The van der Waals surface area contributed by atoms with Crippen molar-refractivity contribution in [3.63, 3.8) is 0 Å². The van der Waals surface area contributed by atoms with E-state index in [0.717, 1.165) is 0 Å². The summed E-state index contributed by atoms with van der Waals surface area (Å²) in [5.41, 5.74) is 0. The highest BCUT2D eigenvalue weighted by Crippen LogP contribution is 2.27. The van der Waals surface area contributed by atoms with Crippen molar-refractivity contribution < 1.29 is 19.7 Å². The number of hydrogen-bond donors (Lipinski definition) is 2. The van der Waals surface area contributed by atoms with Gasteiger partial charge in [0.15, 0.2) is 11.5 Å². The van der Waals surface area contributed by atoms with Gasteiger partial charge in [0.05, 0.1) is 19.8 Å². The van der Waals surface area contributed by atoms with E-state index in [2.05, 4.69) is 0 Å². The molecule has 0 aliphatic carbocycles. The van der Waals surface area contributed by atoms with E-state index in [0.29, 0.717) is 18.1 Å². The Hall–Kier alpha value is -1.26. The van der Waals surface area contributed by atoms with Crippen LogP contribution in [0.3, 0.4) is 0 Å². The van der Waals surface area contributed by atoms with Gasteiger partial charge in [0.2, 0.25) is 0 Å². The molecule has 1 rings (SSSR count). The molecule has 0 aromatic heterocycles. The molecular weight excluding hydrogens is 196 g/mol. The van der Waals surface area contributed by atoms with Crippen LogP contribution < -0.4 is 9.47 Å². The van der Waals surface area contributed by atoms with E-state index >= 15 is 0 Å². The summed E-state index contributed by atoms with van der Waals surface area (Å²) in [6, 6.07) is 7.17. The Morgan fingerprint density at radius 1 is 1.13 bits per heavy atom. The van der Waals surface area contributed by atoms with Gasteiger partial charge < -0.3 is 19.7 Å². The molecule has 1 aromatic carbocycles. The monoisotopic (exact) mass is 212 g/mol. The van der Waals surface area contributed by atoms with E-state index in [1.54, 1.807) is 12.1 Å². The van der Waals surface area contributed by atoms with Crippen LogP contribution in [-0.2, 0) is 0 Å². The summed E-state index contributed by atoms with van der Waals surface area (Å²) in [7, 11) is 0. The fraction of sp³-hybridized carbons (Fsp3) is 0.455. The zero-order chi connectivity index (χ0) is 11.1. The molecule has 0 saturated heterocycles. The minimum absolute atomic E-state index is 0.225. The van der Waals surface area contributed by atoms with Gasteiger partial charge in [0.25, 0.3) is 0 Å². The van der Waals surface area contributed by atoms with Crippen molar-refractivity contribution in [2.75, 3.05) is 19.8 Å². The van der Waals surface area contributed by atoms with Crippen molar-refractivity contribution in [1.29, 1.82) is 0 Å². The highest BCUT2D eigenvalue weighted by Gasteiger charge is 2.10. The van der Waals surface area contributed by atoms with Crippen molar-refractivity contribution in [2.24, 2.45) is 0 Å². The Kier molecular flexibility index (Phi) is 4.93. The maximum absolute atomic E-state index is 8.88. The Labute approximate surface area is 89.1 Å². The summed E-state index contributed by atoms with van der Waals surface area (Å²) >= 11 is 0. The van der Waals surface area contributed by atoms with Crippen molar-refractivity contribution in [3.8, 4) is 11.5 Å². The van der Waals surface area contributed by atoms with E-state index in [-0.39, 0.29) is 13.2 Å². The zero-order valence-electron chi connectivity index (χ0n) is 8.72. The maximum Gasteiger partial charge on any atom is 0.161 e. The lowest BCUT2D eigenvalue weighted by atomic mass is 10.3. The molecule has 0 atom stereocenters. The lowest BCUT2D eigenvalue weighted by Gasteiger charge is -2.16. The van der Waals surface area contributed by atoms with Crippen molar-refractivity contribution >= 4 is 0 Å². The minimum Gasteiger partial charge on any atom is -0.490 e. The van der Waals surface area contributed by atoms with Gasteiger partial charge in [-0.2, -0.15) is 0 Å². The lowest BCUT2D eigenvalue weighted by molar-refractivity contribution is 0.0605. The zero-order valence-corrected chi connectivity index (χ0v) is 8.72. The molecule has 0 saturated carbocycles. The van der Waals surface area contributed by atoms with Gasteiger partial charge >= 0.3 is 0 Å². The van der Waals surface area contributed by atoms with Gasteiger partial charge in [-0.15, -0.1) is 0 Å². The molecule has 2 N–H and O–H groups in total. The molecule has 0 aliphatic heterocycles. The summed E-state index contributed by atoms with van der Waals surface area (Å²) in [5, 5.41) is 17.8. The van der Waals surface area contributed by atoms with E-state index in [4.69, 9.17) is 19.7 Å². The first-order valence-corrected chi connectivity index (χ1v) is 4.92. The standard InChI is InChI=1S/C11H16O4/c1-2-14-10-5-3-4-6-11(10)15-9(7-12)8-13/h3-6,9,12-13H,2,7-8H2,1H3. The van der Waals surface area contributed by atoms with Crippen LogP contribution in [0.5, 0.6) is 11.5 Å². The molecule has 0 heterocycles. The molecule has 0 spiro atoms. The number of ether oxygens (including phenoxy) is 2. The van der Waals surface area contributed by atoms with Crippen molar-refractivity contribution in [3.05, 3.63) is 24.3 Å². The molecule has 0 fully saturated rings. The molecule has 4 nitrogen and oxygen atoms in total. The molecule has 4 heteroatoms. The molecule has 0 unspecified atom stereocenters. The van der Waals surface area contributed by atoms with E-state index in [1.807, 2.05) is 19.1 Å². The number of rotatable bonds is 6. The third-order valence-electron chi connectivity index (χ3n) is 1.85. The fourth-order valence-corrected chi connectivity index (χ4v) is 1.13. The Balaban J connectivity index is 2.73. The second kappa shape index (κ2) is 6.27. The van der Waals surface area contributed by atoms with Crippen molar-refractivity contribution in [2.45, 2.75) is 13.0 Å². The van der Waals surface area contributed by atoms with Gasteiger partial charge in [0.1, 0.15) is 6.10 Å². The largest absolute Gasteiger partial charge is 0.490 e. The topological polar surface area (TPSA) is 58.9 Å². The number of aliphatic hydroxyl groups is 2. The summed E-state index contributed by atoms with van der Waals surface area (Å²) in [5.74, 6) is 1.15. The molecule has 0 aliphatic rings. The van der Waals surface area contributed by atoms with Gasteiger partial charge in [-0.1, -0.05) is 12.1 Å². The van der Waals surface area contributed by atoms with Crippen LogP contribution in [0.15, 0.2) is 24.3 Å². The second-order valence-corrected chi connectivity index (χ2v) is 2.98. The lowest BCUT2D eigenvalue weighted by Crippen LogP contribution is -2.25. The third-order valence-corrected chi connectivity index (χ3v) is 1.85. The van der Waals surface area contributed by atoms with Gasteiger partial charge in [0, 0.05) is 0 Å². The van der Waals surface area contributed by atoms with Crippen LogP contribution in [0, 0.1) is 0 Å². The molecular formula is C11H16O4. The van der Waals surface area contributed by atoms with Crippen LogP contribution in [0.2, 0.25) is 0 Å². The summed E-state index contributed by atoms with van der Waals surface area (Å²) in [6.07, 6.45) is -0.605. The molecule has 0 radical (unpaired) electrons. The highest BCUT2D eigenvalue weighted by molar-refractivity contribution is 5.39. The van der Waals surface area contributed by atoms with Crippen molar-refractivity contribution in [1.82, 2.24) is 0 Å². The number of para-hydroxylation sites is 2. The Morgan fingerprint density at radius 2 is 1.73 bits per heavy atom. The fourth-order valence-electron chi connectivity index (χ4n) is 1.13. The van der Waals surface area contributed by atoms with E-state index in [1.165, 1.54) is 0 Å². The first kappa shape index (κ1) is 11.8. The van der Waals surface area contributed by atoms with Crippen LogP contribution in [0.4, 0.5) is 0 Å². The smallest absolute Gasteiger partial charge is 0.161 e. The van der Waals surface area contributed by atoms with E-state index < -0.39 is 6.10 Å². The average molecular weight is 212 g/mol. The molecule has 84 valence electrons. The number of benzene rings is 1.